The van der Waals surface area contributed by atoms with Crippen molar-refractivity contribution in [1.82, 2.24) is 0 Å². The third-order valence-corrected chi connectivity index (χ3v) is 7.22. The predicted molar refractivity (Wildman–Crippen MR) is 127 cm³/mol. The standard InChI is InChI=1S/C26H22BrCl/c1-13(2)22-18-11-20(27)21(28)12-19(18)23(14(3)4)26-17-10-6-8-15-7-5-9-16(24(15)17)25(22)26/h5-14H,1-4H3. The summed E-state index contributed by atoms with van der Waals surface area (Å²) in [5.41, 5.74) is 8.42. The Labute approximate surface area is 179 Å². The normalized spacial score (nSPS) is 12.6. The van der Waals surface area contributed by atoms with Crippen LogP contribution < -0.4 is 0 Å². The minimum atomic E-state index is 0.402. The van der Waals surface area contributed by atoms with Crippen LogP contribution in [-0.4, -0.2) is 0 Å². The van der Waals surface area contributed by atoms with Crippen molar-refractivity contribution in [3.63, 3.8) is 0 Å². The van der Waals surface area contributed by atoms with Gasteiger partial charge in [-0.2, -0.15) is 0 Å². The molecule has 0 nitrogen and oxygen atoms in total. The molecule has 140 valence electrons. The second kappa shape index (κ2) is 6.34. The van der Waals surface area contributed by atoms with Gasteiger partial charge >= 0.3 is 0 Å². The summed E-state index contributed by atoms with van der Waals surface area (Å²) in [5, 5.41) is 6.09. The molecule has 0 saturated carbocycles. The molecular weight excluding hydrogens is 428 g/mol. The van der Waals surface area contributed by atoms with Crippen molar-refractivity contribution in [2.45, 2.75) is 39.5 Å². The van der Waals surface area contributed by atoms with Crippen molar-refractivity contribution in [2.24, 2.45) is 0 Å². The van der Waals surface area contributed by atoms with Crippen molar-refractivity contribution in [2.75, 3.05) is 0 Å². The number of rotatable bonds is 2. The second-order valence-electron chi connectivity index (χ2n) is 8.41. The van der Waals surface area contributed by atoms with Crippen LogP contribution in [0.1, 0.15) is 50.7 Å². The molecule has 0 radical (unpaired) electrons. The fourth-order valence-corrected chi connectivity index (χ4v) is 5.55. The smallest absolute Gasteiger partial charge is 0.0554 e. The van der Waals surface area contributed by atoms with Crippen molar-refractivity contribution < 1.29 is 0 Å². The van der Waals surface area contributed by atoms with Gasteiger partial charge in [-0.1, -0.05) is 75.7 Å². The Hall–Kier alpha value is -1.83. The van der Waals surface area contributed by atoms with Crippen LogP contribution in [-0.2, 0) is 0 Å². The first-order valence-corrected chi connectivity index (χ1v) is 11.1. The molecular formula is C26H22BrCl. The quantitative estimate of drug-likeness (QED) is 0.252. The van der Waals surface area contributed by atoms with Crippen LogP contribution in [0.3, 0.4) is 0 Å². The fraction of sp³-hybridized carbons (Fsp3) is 0.231. The highest BCUT2D eigenvalue weighted by molar-refractivity contribution is 9.10. The zero-order valence-corrected chi connectivity index (χ0v) is 18.9. The Bertz CT molecular complexity index is 1190. The lowest BCUT2D eigenvalue weighted by atomic mass is 9.80. The van der Waals surface area contributed by atoms with Gasteiger partial charge in [-0.25, -0.2) is 0 Å². The van der Waals surface area contributed by atoms with Crippen LogP contribution in [0.2, 0.25) is 5.02 Å². The first-order chi connectivity index (χ1) is 13.4. The maximum atomic E-state index is 6.57. The van der Waals surface area contributed by atoms with Gasteiger partial charge in [0.15, 0.2) is 0 Å². The molecule has 4 aromatic rings. The lowest BCUT2D eigenvalue weighted by Crippen LogP contribution is -2.02. The second-order valence-corrected chi connectivity index (χ2v) is 9.67. The molecule has 4 aromatic carbocycles. The molecule has 1 aliphatic carbocycles. The van der Waals surface area contributed by atoms with Gasteiger partial charge in [0.2, 0.25) is 0 Å². The average molecular weight is 450 g/mol. The van der Waals surface area contributed by atoms with E-state index in [1.807, 2.05) is 0 Å². The van der Waals surface area contributed by atoms with Crippen LogP contribution in [0, 0.1) is 0 Å². The van der Waals surface area contributed by atoms with Crippen molar-refractivity contribution in [3.8, 4) is 22.3 Å². The molecule has 0 atom stereocenters. The summed E-state index contributed by atoms with van der Waals surface area (Å²) in [6.45, 7) is 9.19. The largest absolute Gasteiger partial charge is 0.0831 e. The predicted octanol–water partition coefficient (Wildman–Crippen LogP) is 9.30. The zero-order chi connectivity index (χ0) is 19.7. The van der Waals surface area contributed by atoms with E-state index >= 15 is 0 Å². The van der Waals surface area contributed by atoms with E-state index in [2.05, 4.69) is 92.2 Å². The van der Waals surface area contributed by atoms with Gasteiger partial charge in [0.25, 0.3) is 0 Å². The maximum Gasteiger partial charge on any atom is 0.0554 e. The molecule has 0 aromatic heterocycles. The molecule has 0 aliphatic heterocycles. The van der Waals surface area contributed by atoms with Gasteiger partial charge in [-0.05, 0) is 94.8 Å². The Morgan fingerprint density at radius 2 is 1.25 bits per heavy atom. The van der Waals surface area contributed by atoms with Crippen LogP contribution >= 0.6 is 27.5 Å². The molecule has 5 rings (SSSR count). The first-order valence-electron chi connectivity index (χ1n) is 9.91. The molecule has 0 bridgehead atoms. The molecule has 1 aliphatic rings. The highest BCUT2D eigenvalue weighted by Gasteiger charge is 2.31. The minimum absolute atomic E-state index is 0.402. The highest BCUT2D eigenvalue weighted by atomic mass is 79.9. The van der Waals surface area contributed by atoms with Gasteiger partial charge < -0.3 is 0 Å². The molecule has 2 heteroatoms. The summed E-state index contributed by atoms with van der Waals surface area (Å²) >= 11 is 10.2. The minimum Gasteiger partial charge on any atom is -0.0831 e. The van der Waals surface area contributed by atoms with Crippen molar-refractivity contribution in [1.29, 1.82) is 0 Å². The third kappa shape index (κ3) is 2.36. The first kappa shape index (κ1) is 18.2. The van der Waals surface area contributed by atoms with E-state index in [4.69, 9.17) is 11.6 Å². The summed E-state index contributed by atoms with van der Waals surface area (Å²) in [6, 6.07) is 17.8. The van der Waals surface area contributed by atoms with E-state index in [-0.39, 0.29) is 0 Å². The highest BCUT2D eigenvalue weighted by Crippen LogP contribution is 2.55. The lowest BCUT2D eigenvalue weighted by Gasteiger charge is -2.24. The van der Waals surface area contributed by atoms with Gasteiger partial charge in [0.05, 0.1) is 5.02 Å². The third-order valence-electron chi connectivity index (χ3n) is 6.03. The molecule has 0 saturated heterocycles. The van der Waals surface area contributed by atoms with E-state index < -0.39 is 0 Å². The number of benzene rings is 4. The molecule has 0 amide bonds. The Balaban J connectivity index is 2.11. The summed E-state index contributed by atoms with van der Waals surface area (Å²) < 4.78 is 0.965. The van der Waals surface area contributed by atoms with E-state index in [0.717, 1.165) is 9.50 Å². The van der Waals surface area contributed by atoms with E-state index in [1.54, 1.807) is 0 Å². The average Bonchev–Trinajstić information content (AvgIpc) is 2.97. The van der Waals surface area contributed by atoms with Crippen molar-refractivity contribution >= 4 is 49.1 Å². The van der Waals surface area contributed by atoms with E-state index in [0.29, 0.717) is 11.8 Å². The molecule has 0 unspecified atom stereocenters. The summed E-state index contributed by atoms with van der Waals surface area (Å²) in [6.07, 6.45) is 0. The van der Waals surface area contributed by atoms with Gasteiger partial charge in [-0.15, -0.1) is 0 Å². The Kier molecular flexibility index (Phi) is 4.12. The number of hydrogen-bond donors (Lipinski definition) is 0. The van der Waals surface area contributed by atoms with Crippen LogP contribution in [0.4, 0.5) is 0 Å². The topological polar surface area (TPSA) is 0 Å². The molecule has 0 fully saturated rings. The van der Waals surface area contributed by atoms with Crippen molar-refractivity contribution in [3.05, 3.63) is 69.2 Å². The SMILES string of the molecule is CC(C)c1c2c(c(C(C)C)c3cc(Br)c(Cl)cc13)-c1cccc3cccc-2c13. The summed E-state index contributed by atoms with van der Waals surface area (Å²) in [7, 11) is 0. The fourth-order valence-electron chi connectivity index (χ4n) is 5.05. The number of hydrogen-bond acceptors (Lipinski definition) is 0. The number of halogens is 2. The van der Waals surface area contributed by atoms with E-state index in [1.165, 1.54) is 54.9 Å². The Morgan fingerprint density at radius 3 is 1.75 bits per heavy atom. The number of fused-ring (bicyclic) bond motifs is 4. The zero-order valence-electron chi connectivity index (χ0n) is 16.5. The Morgan fingerprint density at radius 1 is 0.750 bits per heavy atom. The summed E-state index contributed by atoms with van der Waals surface area (Å²) in [5.74, 6) is 0.814. The lowest BCUT2D eigenvalue weighted by molar-refractivity contribution is 0.864. The molecule has 28 heavy (non-hydrogen) atoms. The van der Waals surface area contributed by atoms with Crippen LogP contribution in [0.15, 0.2) is 53.0 Å². The van der Waals surface area contributed by atoms with Crippen LogP contribution in [0.5, 0.6) is 0 Å². The van der Waals surface area contributed by atoms with Gasteiger partial charge in [0.1, 0.15) is 0 Å². The monoisotopic (exact) mass is 448 g/mol. The van der Waals surface area contributed by atoms with Gasteiger partial charge in [0, 0.05) is 4.47 Å². The molecule has 0 N–H and O–H groups in total. The molecule has 0 spiro atoms. The molecule has 0 heterocycles. The van der Waals surface area contributed by atoms with E-state index in [9.17, 15) is 0 Å². The maximum absolute atomic E-state index is 6.57. The van der Waals surface area contributed by atoms with Crippen LogP contribution in [0.25, 0.3) is 43.8 Å². The van der Waals surface area contributed by atoms with Gasteiger partial charge in [-0.3, -0.25) is 0 Å². The summed E-state index contributed by atoms with van der Waals surface area (Å²) in [4.78, 5) is 0.